The van der Waals surface area contributed by atoms with Gasteiger partial charge in [0.05, 0.1) is 0 Å². The molecule has 7 nitrogen and oxygen atoms in total. The number of carbonyl (C=O) groups is 2. The van der Waals surface area contributed by atoms with Crippen LogP contribution < -0.4 is 10.6 Å². The molecule has 2 atom stereocenters. The summed E-state index contributed by atoms with van der Waals surface area (Å²) in [7, 11) is 1.44. The van der Waals surface area contributed by atoms with E-state index in [1.807, 2.05) is 45.0 Å². The second kappa shape index (κ2) is 9.40. The highest BCUT2D eigenvalue weighted by Crippen LogP contribution is 2.27. The average Bonchev–Trinajstić information content (AvgIpc) is 3.07. The molecule has 8 heteroatoms. The molecule has 0 aliphatic rings. The number of hydrogen-bond donors (Lipinski definition) is 2. The Balaban J connectivity index is 2.10. The van der Waals surface area contributed by atoms with Gasteiger partial charge < -0.3 is 10.1 Å². The summed E-state index contributed by atoms with van der Waals surface area (Å²) in [6, 6.07) is 7.26. The van der Waals surface area contributed by atoms with Crippen LogP contribution in [0.4, 0.5) is 5.13 Å². The van der Waals surface area contributed by atoms with Gasteiger partial charge in [-0.25, -0.2) is 0 Å². The molecular weight excluding hydrogens is 352 g/mol. The lowest BCUT2D eigenvalue weighted by molar-refractivity contribution is -0.130. The summed E-state index contributed by atoms with van der Waals surface area (Å²) in [4.78, 5) is 24.4. The van der Waals surface area contributed by atoms with E-state index in [9.17, 15) is 9.59 Å². The maximum Gasteiger partial charge on any atom is 0.249 e. The maximum absolute atomic E-state index is 12.6. The van der Waals surface area contributed by atoms with Gasteiger partial charge in [-0.3, -0.25) is 14.9 Å². The van der Waals surface area contributed by atoms with E-state index in [1.54, 1.807) is 0 Å². The van der Waals surface area contributed by atoms with Gasteiger partial charge in [0, 0.05) is 12.7 Å². The smallest absolute Gasteiger partial charge is 0.249 e. The van der Waals surface area contributed by atoms with Gasteiger partial charge in [-0.2, -0.15) is 0 Å². The minimum absolute atomic E-state index is 0.0278. The van der Waals surface area contributed by atoms with E-state index in [0.717, 1.165) is 22.6 Å². The van der Waals surface area contributed by atoms with Crippen LogP contribution in [0.3, 0.4) is 0 Å². The highest BCUT2D eigenvalue weighted by molar-refractivity contribution is 7.18. The van der Waals surface area contributed by atoms with Gasteiger partial charge in [-0.15, -0.1) is 10.2 Å². The number of methoxy groups -OCH3 is 1. The van der Waals surface area contributed by atoms with Crippen molar-refractivity contribution in [2.75, 3.05) is 19.0 Å². The van der Waals surface area contributed by atoms with Crippen LogP contribution in [0.25, 0.3) is 10.6 Å². The Morgan fingerprint density at radius 2 is 2.08 bits per heavy atom. The van der Waals surface area contributed by atoms with Crippen molar-refractivity contribution in [1.29, 1.82) is 0 Å². The van der Waals surface area contributed by atoms with Crippen molar-refractivity contribution in [3.8, 4) is 10.6 Å². The number of hydrogen-bond acceptors (Lipinski definition) is 6. The van der Waals surface area contributed by atoms with Crippen LogP contribution >= 0.6 is 11.3 Å². The first-order valence-corrected chi connectivity index (χ1v) is 9.26. The Kier molecular flexibility index (Phi) is 7.23. The zero-order valence-electron chi connectivity index (χ0n) is 15.4. The number of amides is 2. The van der Waals surface area contributed by atoms with Crippen molar-refractivity contribution in [2.45, 2.75) is 33.2 Å². The molecule has 0 bridgehead atoms. The first-order chi connectivity index (χ1) is 12.4. The van der Waals surface area contributed by atoms with Gasteiger partial charge in [0.25, 0.3) is 0 Å². The number of nitrogens with one attached hydrogen (secondary N) is 2. The van der Waals surface area contributed by atoms with E-state index in [0.29, 0.717) is 5.13 Å². The topological polar surface area (TPSA) is 93.2 Å². The number of nitrogens with zero attached hydrogens (tertiary/aromatic N) is 2. The standard InChI is InChI=1S/C18H24N4O3S/c1-5-12(3)15(19-14(23)10-25-4)16(24)20-18-22-21-17(26-18)13-8-6-7-11(2)9-13/h6-9,12,15H,5,10H2,1-4H3,(H,19,23)(H,20,22,24). The normalized spacial score (nSPS) is 13.1. The lowest BCUT2D eigenvalue weighted by Gasteiger charge is -2.22. The molecule has 0 aliphatic carbocycles. The molecule has 1 heterocycles. The third-order valence-electron chi connectivity index (χ3n) is 4.01. The van der Waals surface area contributed by atoms with Gasteiger partial charge in [0.2, 0.25) is 16.9 Å². The first kappa shape index (κ1) is 20.0. The van der Waals surface area contributed by atoms with Crippen LogP contribution in [0.5, 0.6) is 0 Å². The number of carbonyl (C=O) groups excluding carboxylic acids is 2. The summed E-state index contributed by atoms with van der Waals surface area (Å²) in [6.45, 7) is 5.80. The van der Waals surface area contributed by atoms with E-state index < -0.39 is 6.04 Å². The Bertz CT molecular complexity index is 762. The molecule has 0 saturated carbocycles. The van der Waals surface area contributed by atoms with Gasteiger partial charge in [0.15, 0.2) is 0 Å². The maximum atomic E-state index is 12.6. The van der Waals surface area contributed by atoms with Crippen molar-refractivity contribution in [3.63, 3.8) is 0 Å². The monoisotopic (exact) mass is 376 g/mol. The number of benzene rings is 1. The molecule has 2 amide bonds. The van der Waals surface area contributed by atoms with Crippen molar-refractivity contribution >= 4 is 28.3 Å². The Hall–Kier alpha value is -2.32. The average molecular weight is 376 g/mol. The Morgan fingerprint density at radius 1 is 1.31 bits per heavy atom. The van der Waals surface area contributed by atoms with E-state index in [1.165, 1.54) is 18.4 Å². The molecule has 140 valence electrons. The van der Waals surface area contributed by atoms with Gasteiger partial charge in [0.1, 0.15) is 17.7 Å². The van der Waals surface area contributed by atoms with Crippen LogP contribution in [0.15, 0.2) is 24.3 Å². The van der Waals surface area contributed by atoms with Gasteiger partial charge in [-0.1, -0.05) is 55.4 Å². The predicted octanol–water partition coefficient (Wildman–Crippen LogP) is 2.63. The molecule has 0 saturated heterocycles. The summed E-state index contributed by atoms with van der Waals surface area (Å²) in [5, 5.41) is 14.8. The number of ether oxygens (including phenoxy) is 1. The zero-order chi connectivity index (χ0) is 19.1. The van der Waals surface area contributed by atoms with Crippen LogP contribution in [0, 0.1) is 12.8 Å². The van der Waals surface area contributed by atoms with E-state index in [4.69, 9.17) is 4.74 Å². The van der Waals surface area contributed by atoms with E-state index >= 15 is 0 Å². The summed E-state index contributed by atoms with van der Waals surface area (Å²) in [5.41, 5.74) is 2.08. The van der Waals surface area contributed by atoms with Crippen LogP contribution in [0.2, 0.25) is 0 Å². The molecule has 0 fully saturated rings. The fourth-order valence-corrected chi connectivity index (χ4v) is 3.14. The van der Waals surface area contributed by atoms with Gasteiger partial charge in [-0.05, 0) is 18.9 Å². The fourth-order valence-electron chi connectivity index (χ4n) is 2.40. The van der Waals surface area contributed by atoms with Crippen LogP contribution in [-0.2, 0) is 14.3 Å². The van der Waals surface area contributed by atoms with Gasteiger partial charge >= 0.3 is 0 Å². The molecule has 2 unspecified atom stereocenters. The molecule has 0 aliphatic heterocycles. The summed E-state index contributed by atoms with van der Waals surface area (Å²) >= 11 is 1.30. The number of aryl methyl sites for hydroxylation is 1. The second-order valence-electron chi connectivity index (χ2n) is 6.13. The minimum Gasteiger partial charge on any atom is -0.375 e. The molecular formula is C18H24N4O3S. The van der Waals surface area contributed by atoms with E-state index in [-0.39, 0.29) is 24.3 Å². The molecule has 2 N–H and O–H groups in total. The number of anilines is 1. The molecule has 1 aromatic carbocycles. The fraction of sp³-hybridized carbons (Fsp3) is 0.444. The number of aromatic nitrogens is 2. The largest absolute Gasteiger partial charge is 0.375 e. The lowest BCUT2D eigenvalue weighted by atomic mass is 9.98. The summed E-state index contributed by atoms with van der Waals surface area (Å²) in [5.74, 6) is -0.665. The van der Waals surface area contributed by atoms with Crippen LogP contribution in [-0.4, -0.2) is 41.8 Å². The minimum atomic E-state index is -0.658. The predicted molar refractivity (Wildman–Crippen MR) is 102 cm³/mol. The first-order valence-electron chi connectivity index (χ1n) is 8.44. The molecule has 2 aromatic rings. The van der Waals surface area contributed by atoms with Crippen molar-refractivity contribution in [3.05, 3.63) is 29.8 Å². The third-order valence-corrected chi connectivity index (χ3v) is 4.90. The molecule has 2 rings (SSSR count). The third kappa shape index (κ3) is 5.34. The van der Waals surface area contributed by atoms with Crippen molar-refractivity contribution in [1.82, 2.24) is 15.5 Å². The molecule has 0 radical (unpaired) electrons. The number of rotatable bonds is 8. The Labute approximate surface area is 157 Å². The second-order valence-corrected chi connectivity index (χ2v) is 7.11. The highest BCUT2D eigenvalue weighted by atomic mass is 32.1. The molecule has 0 spiro atoms. The summed E-state index contributed by atoms with van der Waals surface area (Å²) < 4.78 is 4.81. The van der Waals surface area contributed by atoms with Crippen LogP contribution in [0.1, 0.15) is 25.8 Å². The van der Waals surface area contributed by atoms with Crippen molar-refractivity contribution < 1.29 is 14.3 Å². The lowest BCUT2D eigenvalue weighted by Crippen LogP contribution is -2.48. The highest BCUT2D eigenvalue weighted by Gasteiger charge is 2.26. The SMILES string of the molecule is CCC(C)C(NC(=O)COC)C(=O)Nc1nnc(-c2cccc(C)c2)s1. The summed E-state index contributed by atoms with van der Waals surface area (Å²) in [6.07, 6.45) is 0.746. The Morgan fingerprint density at radius 3 is 2.73 bits per heavy atom. The molecule has 1 aromatic heterocycles. The quantitative estimate of drug-likeness (QED) is 0.739. The molecule has 26 heavy (non-hydrogen) atoms. The zero-order valence-corrected chi connectivity index (χ0v) is 16.2. The van der Waals surface area contributed by atoms with E-state index in [2.05, 4.69) is 20.8 Å². The van der Waals surface area contributed by atoms with Crippen molar-refractivity contribution in [2.24, 2.45) is 5.92 Å².